The van der Waals surface area contributed by atoms with E-state index in [1.54, 1.807) is 18.6 Å². The lowest BCUT2D eigenvalue weighted by Crippen LogP contribution is -2.25. The normalized spacial score (nSPS) is 18.8. The molecular formula is C27H31N3O3. The maximum atomic E-state index is 11.2. The summed E-state index contributed by atoms with van der Waals surface area (Å²) < 4.78 is 11.9. The van der Waals surface area contributed by atoms with E-state index in [4.69, 9.17) is 9.47 Å². The van der Waals surface area contributed by atoms with Gasteiger partial charge in [0.05, 0.1) is 18.3 Å². The van der Waals surface area contributed by atoms with Gasteiger partial charge < -0.3 is 14.8 Å². The topological polar surface area (TPSA) is 73.3 Å². The Morgan fingerprint density at radius 2 is 1.70 bits per heavy atom. The van der Waals surface area contributed by atoms with Gasteiger partial charge in [0.1, 0.15) is 11.5 Å². The summed E-state index contributed by atoms with van der Waals surface area (Å²) in [4.78, 5) is 19.4. The first-order valence-electron chi connectivity index (χ1n) is 11.6. The molecule has 1 heterocycles. The summed E-state index contributed by atoms with van der Waals surface area (Å²) in [5.41, 5.74) is 2.41. The predicted octanol–water partition coefficient (Wildman–Crippen LogP) is 5.65. The van der Waals surface area contributed by atoms with Gasteiger partial charge in [-0.1, -0.05) is 24.3 Å². The molecule has 2 aromatic carbocycles. The van der Waals surface area contributed by atoms with E-state index in [0.29, 0.717) is 11.8 Å². The molecule has 33 heavy (non-hydrogen) atoms. The molecule has 3 aromatic rings. The zero-order valence-corrected chi connectivity index (χ0v) is 19.2. The summed E-state index contributed by atoms with van der Waals surface area (Å²) in [7, 11) is 0. The molecule has 1 aliphatic carbocycles. The summed E-state index contributed by atoms with van der Waals surface area (Å²) in [6, 6.07) is 16.3. The first kappa shape index (κ1) is 22.8. The van der Waals surface area contributed by atoms with Crippen molar-refractivity contribution < 1.29 is 14.3 Å². The van der Waals surface area contributed by atoms with Crippen LogP contribution in [0.25, 0.3) is 0 Å². The number of nitrogens with one attached hydrogen (secondary N) is 1. The van der Waals surface area contributed by atoms with E-state index in [9.17, 15) is 4.79 Å². The van der Waals surface area contributed by atoms with Crippen LogP contribution < -0.4 is 14.8 Å². The van der Waals surface area contributed by atoms with Crippen molar-refractivity contribution >= 4 is 5.91 Å². The standard InChI is InChI=1S/C27H31N3O3/c1-19(30-20(2)31)23-7-13-25(14-8-23)32-24-9-3-21(4-10-24)17-22-5-11-26(12-6-22)33-27-18-28-15-16-29-27/h5-8,11-16,18-19,21,24H,3-4,9-10,17H2,1-2H3,(H,30,31)/t19-,21?,24?/m0/s1. The molecule has 1 saturated carbocycles. The number of ether oxygens (including phenoxy) is 2. The van der Waals surface area contributed by atoms with Crippen LogP contribution in [0.5, 0.6) is 17.4 Å². The average Bonchev–Trinajstić information content (AvgIpc) is 2.82. The van der Waals surface area contributed by atoms with Crippen molar-refractivity contribution in [2.45, 2.75) is 58.1 Å². The smallest absolute Gasteiger partial charge is 0.237 e. The van der Waals surface area contributed by atoms with Gasteiger partial charge in [0.25, 0.3) is 0 Å². The van der Waals surface area contributed by atoms with Gasteiger partial charge in [0.15, 0.2) is 0 Å². The SMILES string of the molecule is CC(=O)N[C@@H](C)c1ccc(OC2CCC(Cc3ccc(Oc4cnccn4)cc3)CC2)cc1. The van der Waals surface area contributed by atoms with Crippen LogP contribution in [-0.2, 0) is 11.2 Å². The third-order valence-electron chi connectivity index (χ3n) is 6.11. The molecule has 1 amide bonds. The minimum atomic E-state index is -0.0223. The van der Waals surface area contributed by atoms with Crippen LogP contribution >= 0.6 is 0 Å². The molecule has 1 N–H and O–H groups in total. The highest BCUT2D eigenvalue weighted by molar-refractivity contribution is 5.73. The van der Waals surface area contributed by atoms with Crippen molar-refractivity contribution in [1.29, 1.82) is 0 Å². The Bertz CT molecular complexity index is 1010. The molecule has 0 spiro atoms. The van der Waals surface area contributed by atoms with Crippen LogP contribution in [0.2, 0.25) is 0 Å². The van der Waals surface area contributed by atoms with Crippen molar-refractivity contribution in [2.75, 3.05) is 0 Å². The molecule has 1 aromatic heterocycles. The van der Waals surface area contributed by atoms with E-state index in [1.807, 2.05) is 43.3 Å². The third-order valence-corrected chi connectivity index (χ3v) is 6.11. The van der Waals surface area contributed by atoms with Gasteiger partial charge in [-0.05, 0) is 80.3 Å². The summed E-state index contributed by atoms with van der Waals surface area (Å²) >= 11 is 0. The molecule has 1 fully saturated rings. The Kier molecular flexibility index (Phi) is 7.55. The maximum Gasteiger partial charge on any atom is 0.237 e. The Hall–Kier alpha value is -3.41. The Balaban J connectivity index is 1.22. The number of carbonyl (C=O) groups is 1. The molecule has 1 aliphatic rings. The lowest BCUT2D eigenvalue weighted by atomic mass is 9.83. The average molecular weight is 446 g/mol. The van der Waals surface area contributed by atoms with E-state index in [-0.39, 0.29) is 18.1 Å². The largest absolute Gasteiger partial charge is 0.490 e. The predicted molar refractivity (Wildman–Crippen MR) is 127 cm³/mol. The fourth-order valence-electron chi connectivity index (χ4n) is 4.36. The monoisotopic (exact) mass is 445 g/mol. The minimum absolute atomic E-state index is 0.000342. The molecule has 0 unspecified atom stereocenters. The van der Waals surface area contributed by atoms with Gasteiger partial charge in [0.2, 0.25) is 11.8 Å². The maximum absolute atomic E-state index is 11.2. The van der Waals surface area contributed by atoms with Gasteiger partial charge >= 0.3 is 0 Å². The zero-order valence-electron chi connectivity index (χ0n) is 19.2. The molecular weight excluding hydrogens is 414 g/mol. The second-order valence-corrected chi connectivity index (χ2v) is 8.75. The summed E-state index contributed by atoms with van der Waals surface area (Å²) in [5, 5.41) is 2.91. The number of aromatic nitrogens is 2. The van der Waals surface area contributed by atoms with Crippen molar-refractivity contribution in [2.24, 2.45) is 5.92 Å². The number of amides is 1. The second-order valence-electron chi connectivity index (χ2n) is 8.75. The van der Waals surface area contributed by atoms with Crippen molar-refractivity contribution in [1.82, 2.24) is 15.3 Å². The van der Waals surface area contributed by atoms with Gasteiger partial charge in [-0.25, -0.2) is 4.98 Å². The van der Waals surface area contributed by atoms with Gasteiger partial charge in [-0.3, -0.25) is 9.78 Å². The fraction of sp³-hybridized carbons (Fsp3) is 0.370. The van der Waals surface area contributed by atoms with Crippen molar-refractivity contribution in [3.8, 4) is 17.4 Å². The quantitative estimate of drug-likeness (QED) is 0.485. The van der Waals surface area contributed by atoms with Crippen LogP contribution in [0, 0.1) is 5.92 Å². The summed E-state index contributed by atoms with van der Waals surface area (Å²) in [5.74, 6) is 2.83. The molecule has 0 radical (unpaired) electrons. The number of benzene rings is 2. The summed E-state index contributed by atoms with van der Waals surface area (Å²) in [6.45, 7) is 3.52. The van der Waals surface area contributed by atoms with E-state index in [0.717, 1.165) is 36.3 Å². The van der Waals surface area contributed by atoms with Gasteiger partial charge in [-0.2, -0.15) is 0 Å². The van der Waals surface area contributed by atoms with Crippen molar-refractivity contribution in [3.05, 3.63) is 78.2 Å². The molecule has 6 heteroatoms. The lowest BCUT2D eigenvalue weighted by molar-refractivity contribution is -0.119. The Labute approximate surface area is 195 Å². The first-order valence-corrected chi connectivity index (χ1v) is 11.6. The fourth-order valence-corrected chi connectivity index (χ4v) is 4.36. The number of nitrogens with zero attached hydrogens (tertiary/aromatic N) is 2. The van der Waals surface area contributed by atoms with E-state index in [1.165, 1.54) is 25.3 Å². The number of rotatable bonds is 8. The van der Waals surface area contributed by atoms with Crippen molar-refractivity contribution in [3.63, 3.8) is 0 Å². The highest BCUT2D eigenvalue weighted by Gasteiger charge is 2.23. The third kappa shape index (κ3) is 6.78. The number of hydrogen-bond donors (Lipinski definition) is 1. The van der Waals surface area contributed by atoms with Crippen LogP contribution in [-0.4, -0.2) is 22.0 Å². The van der Waals surface area contributed by atoms with E-state index < -0.39 is 0 Å². The Morgan fingerprint density at radius 3 is 2.33 bits per heavy atom. The van der Waals surface area contributed by atoms with Crippen LogP contribution in [0.15, 0.2) is 67.1 Å². The Morgan fingerprint density at radius 1 is 1.00 bits per heavy atom. The molecule has 6 nitrogen and oxygen atoms in total. The minimum Gasteiger partial charge on any atom is -0.490 e. The number of carbonyl (C=O) groups excluding carboxylic acids is 1. The zero-order chi connectivity index (χ0) is 23.0. The molecule has 172 valence electrons. The highest BCUT2D eigenvalue weighted by atomic mass is 16.5. The molecule has 0 aliphatic heterocycles. The van der Waals surface area contributed by atoms with Crippen LogP contribution in [0.4, 0.5) is 0 Å². The number of hydrogen-bond acceptors (Lipinski definition) is 5. The van der Waals surface area contributed by atoms with E-state index in [2.05, 4.69) is 27.4 Å². The second kappa shape index (κ2) is 10.9. The summed E-state index contributed by atoms with van der Waals surface area (Å²) in [6.07, 6.45) is 10.7. The first-order chi connectivity index (χ1) is 16.0. The molecule has 1 atom stereocenters. The highest BCUT2D eigenvalue weighted by Crippen LogP contribution is 2.31. The van der Waals surface area contributed by atoms with Gasteiger partial charge in [-0.15, -0.1) is 0 Å². The molecule has 0 saturated heterocycles. The lowest BCUT2D eigenvalue weighted by Gasteiger charge is -2.29. The van der Waals surface area contributed by atoms with Crippen LogP contribution in [0.1, 0.15) is 56.7 Å². The van der Waals surface area contributed by atoms with E-state index >= 15 is 0 Å². The molecule has 4 rings (SSSR count). The van der Waals surface area contributed by atoms with Gasteiger partial charge in [0, 0.05) is 19.3 Å². The van der Waals surface area contributed by atoms with Crippen LogP contribution in [0.3, 0.4) is 0 Å². The molecule has 0 bridgehead atoms.